The quantitative estimate of drug-likeness (QED) is 0.858. The summed E-state index contributed by atoms with van der Waals surface area (Å²) in [5.41, 5.74) is 2.41. The first-order chi connectivity index (χ1) is 7.52. The van der Waals surface area contributed by atoms with Crippen molar-refractivity contribution in [3.63, 3.8) is 0 Å². The van der Waals surface area contributed by atoms with E-state index >= 15 is 0 Å². The largest absolute Gasteiger partial charge is 0.392 e. The second-order valence-electron chi connectivity index (χ2n) is 5.27. The summed E-state index contributed by atoms with van der Waals surface area (Å²) in [7, 11) is 0. The Morgan fingerprint density at radius 2 is 2.19 bits per heavy atom. The summed E-state index contributed by atoms with van der Waals surface area (Å²) in [5.74, 6) is 0. The van der Waals surface area contributed by atoms with Crippen LogP contribution in [0.15, 0.2) is 18.2 Å². The second kappa shape index (κ2) is 4.27. The minimum Gasteiger partial charge on any atom is -0.392 e. The van der Waals surface area contributed by atoms with Gasteiger partial charge in [0.05, 0.1) is 6.61 Å². The number of hydrogen-bond donors (Lipinski definition) is 1. The van der Waals surface area contributed by atoms with Crippen LogP contribution in [0.5, 0.6) is 0 Å². The van der Waals surface area contributed by atoms with Crippen LogP contribution in [-0.2, 0) is 6.61 Å². The molecule has 0 radical (unpaired) electrons. The SMILES string of the molecule is CC1(C)CCN(c2ccc(Cl)cc2CO)C1. The molecule has 1 fully saturated rings. The van der Waals surface area contributed by atoms with Gasteiger partial charge in [-0.3, -0.25) is 0 Å². The molecule has 1 aromatic rings. The summed E-state index contributed by atoms with van der Waals surface area (Å²) in [6.07, 6.45) is 1.19. The molecule has 16 heavy (non-hydrogen) atoms. The zero-order valence-electron chi connectivity index (χ0n) is 9.83. The van der Waals surface area contributed by atoms with E-state index in [1.807, 2.05) is 18.2 Å². The van der Waals surface area contributed by atoms with Gasteiger partial charge in [0.25, 0.3) is 0 Å². The fourth-order valence-corrected chi connectivity index (χ4v) is 2.50. The van der Waals surface area contributed by atoms with Gasteiger partial charge in [0.2, 0.25) is 0 Å². The molecular formula is C13H18ClNO. The Bertz CT molecular complexity index is 390. The fourth-order valence-electron chi connectivity index (χ4n) is 2.31. The van der Waals surface area contributed by atoms with Crippen molar-refractivity contribution in [3.8, 4) is 0 Å². The van der Waals surface area contributed by atoms with Crippen LogP contribution in [0.3, 0.4) is 0 Å². The van der Waals surface area contributed by atoms with E-state index in [0.717, 1.165) is 24.3 Å². The summed E-state index contributed by atoms with van der Waals surface area (Å²) in [6.45, 7) is 6.71. The Kier molecular flexibility index (Phi) is 3.13. The van der Waals surface area contributed by atoms with Gasteiger partial charge >= 0.3 is 0 Å². The van der Waals surface area contributed by atoms with Crippen LogP contribution in [0.25, 0.3) is 0 Å². The maximum absolute atomic E-state index is 9.35. The van der Waals surface area contributed by atoms with Crippen molar-refractivity contribution in [1.82, 2.24) is 0 Å². The van der Waals surface area contributed by atoms with Gasteiger partial charge in [-0.1, -0.05) is 25.4 Å². The second-order valence-corrected chi connectivity index (χ2v) is 5.70. The Hall–Kier alpha value is -0.730. The van der Waals surface area contributed by atoms with Crippen molar-refractivity contribution in [2.45, 2.75) is 26.9 Å². The van der Waals surface area contributed by atoms with Crippen molar-refractivity contribution < 1.29 is 5.11 Å². The summed E-state index contributed by atoms with van der Waals surface area (Å²) in [4.78, 5) is 2.34. The molecule has 0 unspecified atom stereocenters. The lowest BCUT2D eigenvalue weighted by Gasteiger charge is -2.23. The summed E-state index contributed by atoms with van der Waals surface area (Å²) in [5, 5.41) is 10.0. The standard InChI is InChI=1S/C13H18ClNO/c1-13(2)5-6-15(9-13)12-4-3-11(14)7-10(12)8-16/h3-4,7,16H,5-6,8-9H2,1-2H3. The minimum absolute atomic E-state index is 0.0484. The molecule has 1 aromatic carbocycles. The molecule has 0 atom stereocenters. The first-order valence-corrected chi connectivity index (χ1v) is 6.04. The van der Waals surface area contributed by atoms with Gasteiger partial charge < -0.3 is 10.0 Å². The third-order valence-electron chi connectivity index (χ3n) is 3.23. The zero-order chi connectivity index (χ0) is 11.8. The molecule has 2 nitrogen and oxygen atoms in total. The van der Waals surface area contributed by atoms with E-state index in [1.54, 1.807) is 0 Å². The molecule has 0 bridgehead atoms. The smallest absolute Gasteiger partial charge is 0.0702 e. The fraction of sp³-hybridized carbons (Fsp3) is 0.538. The molecule has 0 spiro atoms. The van der Waals surface area contributed by atoms with Crippen LogP contribution < -0.4 is 4.90 Å². The molecule has 1 heterocycles. The predicted octanol–water partition coefficient (Wildman–Crippen LogP) is 3.07. The van der Waals surface area contributed by atoms with E-state index < -0.39 is 0 Å². The molecule has 1 saturated heterocycles. The molecule has 3 heteroatoms. The van der Waals surface area contributed by atoms with E-state index in [9.17, 15) is 5.11 Å². The zero-order valence-corrected chi connectivity index (χ0v) is 10.6. The number of anilines is 1. The first kappa shape index (κ1) is 11.7. The molecule has 0 amide bonds. The predicted molar refractivity (Wildman–Crippen MR) is 68.0 cm³/mol. The molecule has 0 saturated carbocycles. The lowest BCUT2D eigenvalue weighted by Crippen LogP contribution is -2.23. The van der Waals surface area contributed by atoms with Gasteiger partial charge in [-0.25, -0.2) is 0 Å². The average molecular weight is 240 g/mol. The lowest BCUT2D eigenvalue weighted by atomic mass is 9.93. The number of halogens is 1. The van der Waals surface area contributed by atoms with Gasteiger partial charge in [0, 0.05) is 29.4 Å². The topological polar surface area (TPSA) is 23.5 Å². The maximum Gasteiger partial charge on any atom is 0.0702 e. The van der Waals surface area contributed by atoms with E-state index in [4.69, 9.17) is 11.6 Å². The number of hydrogen-bond acceptors (Lipinski definition) is 2. The molecule has 1 aliphatic heterocycles. The van der Waals surface area contributed by atoms with Gasteiger partial charge in [0.1, 0.15) is 0 Å². The van der Waals surface area contributed by atoms with E-state index in [-0.39, 0.29) is 6.61 Å². The number of benzene rings is 1. The van der Waals surface area contributed by atoms with Gasteiger partial charge in [-0.15, -0.1) is 0 Å². The van der Waals surface area contributed by atoms with Crippen LogP contribution in [0.2, 0.25) is 5.02 Å². The monoisotopic (exact) mass is 239 g/mol. The summed E-state index contributed by atoms with van der Waals surface area (Å²) in [6, 6.07) is 5.75. The number of aliphatic hydroxyl groups is 1. The van der Waals surface area contributed by atoms with Crippen LogP contribution in [-0.4, -0.2) is 18.2 Å². The van der Waals surface area contributed by atoms with Crippen LogP contribution in [0, 0.1) is 5.41 Å². The van der Waals surface area contributed by atoms with Crippen LogP contribution >= 0.6 is 11.6 Å². The van der Waals surface area contributed by atoms with Crippen molar-refractivity contribution in [2.75, 3.05) is 18.0 Å². The number of aliphatic hydroxyl groups excluding tert-OH is 1. The Balaban J connectivity index is 2.27. The number of rotatable bonds is 2. The lowest BCUT2D eigenvalue weighted by molar-refractivity contribution is 0.282. The third-order valence-corrected chi connectivity index (χ3v) is 3.47. The molecule has 1 N–H and O–H groups in total. The molecule has 0 aliphatic carbocycles. The highest BCUT2D eigenvalue weighted by Gasteiger charge is 2.30. The summed E-state index contributed by atoms with van der Waals surface area (Å²) >= 11 is 5.93. The maximum atomic E-state index is 9.35. The van der Waals surface area contributed by atoms with E-state index in [2.05, 4.69) is 18.7 Å². The van der Waals surface area contributed by atoms with Crippen molar-refractivity contribution >= 4 is 17.3 Å². The van der Waals surface area contributed by atoms with Gasteiger partial charge in [0.15, 0.2) is 0 Å². The van der Waals surface area contributed by atoms with Crippen molar-refractivity contribution in [2.24, 2.45) is 5.41 Å². The van der Waals surface area contributed by atoms with Crippen molar-refractivity contribution in [3.05, 3.63) is 28.8 Å². The van der Waals surface area contributed by atoms with Gasteiger partial charge in [-0.05, 0) is 30.0 Å². The Labute approximate surface area is 102 Å². The van der Waals surface area contributed by atoms with E-state index in [0.29, 0.717) is 10.4 Å². The highest BCUT2D eigenvalue weighted by Crippen LogP contribution is 2.34. The first-order valence-electron chi connectivity index (χ1n) is 5.66. The molecule has 1 aliphatic rings. The normalized spacial score (nSPS) is 19.1. The molecule has 0 aromatic heterocycles. The van der Waals surface area contributed by atoms with Crippen LogP contribution in [0.4, 0.5) is 5.69 Å². The average Bonchev–Trinajstić information content (AvgIpc) is 2.58. The summed E-state index contributed by atoms with van der Waals surface area (Å²) < 4.78 is 0. The molecule has 88 valence electrons. The molecular weight excluding hydrogens is 222 g/mol. The highest BCUT2D eigenvalue weighted by molar-refractivity contribution is 6.30. The Morgan fingerprint density at radius 3 is 2.75 bits per heavy atom. The Morgan fingerprint density at radius 1 is 1.44 bits per heavy atom. The highest BCUT2D eigenvalue weighted by atomic mass is 35.5. The minimum atomic E-state index is 0.0484. The molecule has 2 rings (SSSR count). The van der Waals surface area contributed by atoms with Crippen molar-refractivity contribution in [1.29, 1.82) is 0 Å². The van der Waals surface area contributed by atoms with E-state index in [1.165, 1.54) is 6.42 Å². The third kappa shape index (κ3) is 2.33. The number of nitrogens with zero attached hydrogens (tertiary/aromatic N) is 1. The van der Waals surface area contributed by atoms with Crippen LogP contribution in [0.1, 0.15) is 25.8 Å². The van der Waals surface area contributed by atoms with Gasteiger partial charge in [-0.2, -0.15) is 0 Å².